The first-order valence-corrected chi connectivity index (χ1v) is 6.48. The van der Waals surface area contributed by atoms with Gasteiger partial charge < -0.3 is 5.32 Å². The molecule has 0 fully saturated rings. The molecule has 1 aromatic carbocycles. The maximum absolute atomic E-state index is 13.5. The molecule has 0 aliphatic carbocycles. The molecule has 1 rings (SSSR count). The van der Waals surface area contributed by atoms with Crippen LogP contribution in [0.5, 0.6) is 0 Å². The molecule has 84 valence electrons. The largest absolute Gasteiger partial charge is 0.383 e. The van der Waals surface area contributed by atoms with Gasteiger partial charge in [-0.1, -0.05) is 19.1 Å². The average molecular weight is 227 g/mol. The smallest absolute Gasteiger partial charge is 0.149 e. The van der Waals surface area contributed by atoms with Gasteiger partial charge in [0.1, 0.15) is 5.82 Å². The van der Waals surface area contributed by atoms with E-state index in [-0.39, 0.29) is 5.82 Å². The molecule has 0 amide bonds. The van der Waals surface area contributed by atoms with Gasteiger partial charge in [0.25, 0.3) is 0 Å². The molecular formula is C12H18FNS. The van der Waals surface area contributed by atoms with Gasteiger partial charge in [-0.3, -0.25) is 0 Å². The van der Waals surface area contributed by atoms with E-state index in [9.17, 15) is 4.39 Å². The maximum Gasteiger partial charge on any atom is 0.149 e. The highest BCUT2D eigenvalue weighted by Gasteiger charge is 2.02. The molecule has 1 nitrogen and oxygen atoms in total. The Morgan fingerprint density at radius 2 is 2.20 bits per heavy atom. The summed E-state index contributed by atoms with van der Waals surface area (Å²) in [7, 11) is 0. The van der Waals surface area contributed by atoms with Crippen molar-refractivity contribution < 1.29 is 4.39 Å². The second kappa shape index (κ2) is 6.72. The number of halogens is 1. The molecule has 0 aromatic heterocycles. The van der Waals surface area contributed by atoms with Gasteiger partial charge in [-0.05, 0) is 36.5 Å². The minimum Gasteiger partial charge on any atom is -0.383 e. The fraction of sp³-hybridized carbons (Fsp3) is 0.500. The van der Waals surface area contributed by atoms with Crippen LogP contribution in [0.15, 0.2) is 18.2 Å². The molecule has 0 bridgehead atoms. The zero-order chi connectivity index (χ0) is 11.1. The minimum atomic E-state index is -0.124. The zero-order valence-corrected chi connectivity index (χ0v) is 10.2. The summed E-state index contributed by atoms with van der Waals surface area (Å²) in [5.74, 6) is 2.16. The summed E-state index contributed by atoms with van der Waals surface area (Å²) < 4.78 is 13.5. The van der Waals surface area contributed by atoms with Crippen molar-refractivity contribution in [2.75, 3.05) is 23.4 Å². The molecule has 0 radical (unpaired) electrons. The van der Waals surface area contributed by atoms with Gasteiger partial charge in [0, 0.05) is 6.54 Å². The summed E-state index contributed by atoms with van der Waals surface area (Å²) in [6.07, 6.45) is 1.08. The summed E-state index contributed by atoms with van der Waals surface area (Å²) in [6.45, 7) is 4.78. The molecule has 0 unspecified atom stereocenters. The third kappa shape index (κ3) is 4.12. The minimum absolute atomic E-state index is 0.124. The van der Waals surface area contributed by atoms with Crippen LogP contribution in [0, 0.1) is 12.7 Å². The first-order valence-electron chi connectivity index (χ1n) is 5.32. The Morgan fingerprint density at radius 3 is 2.93 bits per heavy atom. The summed E-state index contributed by atoms with van der Waals surface area (Å²) in [5, 5.41) is 3.12. The van der Waals surface area contributed by atoms with Crippen molar-refractivity contribution in [1.29, 1.82) is 0 Å². The van der Waals surface area contributed by atoms with Crippen LogP contribution in [0.3, 0.4) is 0 Å². The van der Waals surface area contributed by atoms with Crippen LogP contribution in [-0.4, -0.2) is 18.1 Å². The third-order valence-electron chi connectivity index (χ3n) is 2.18. The molecule has 15 heavy (non-hydrogen) atoms. The lowest BCUT2D eigenvalue weighted by atomic mass is 10.2. The SMILES string of the molecule is CCSCCCNc1cccc(C)c1F. The number of hydrogen-bond donors (Lipinski definition) is 1. The number of rotatable bonds is 6. The van der Waals surface area contributed by atoms with E-state index in [0.29, 0.717) is 11.3 Å². The van der Waals surface area contributed by atoms with Crippen LogP contribution in [0.25, 0.3) is 0 Å². The predicted molar refractivity (Wildman–Crippen MR) is 67.2 cm³/mol. The molecule has 0 spiro atoms. The Labute approximate surface area is 95.5 Å². The summed E-state index contributed by atoms with van der Waals surface area (Å²) >= 11 is 1.92. The van der Waals surface area contributed by atoms with Crippen LogP contribution < -0.4 is 5.32 Å². The second-order valence-electron chi connectivity index (χ2n) is 3.41. The molecule has 0 aliphatic heterocycles. The number of aryl methyl sites for hydroxylation is 1. The molecular weight excluding hydrogens is 209 g/mol. The van der Waals surface area contributed by atoms with Crippen molar-refractivity contribution >= 4 is 17.4 Å². The number of benzene rings is 1. The number of hydrogen-bond acceptors (Lipinski definition) is 2. The van der Waals surface area contributed by atoms with E-state index in [4.69, 9.17) is 0 Å². The number of nitrogens with one attached hydrogen (secondary N) is 1. The van der Waals surface area contributed by atoms with Crippen LogP contribution in [0.2, 0.25) is 0 Å². The van der Waals surface area contributed by atoms with Crippen LogP contribution in [0.1, 0.15) is 18.9 Å². The van der Waals surface area contributed by atoms with E-state index in [1.54, 1.807) is 19.1 Å². The Kier molecular flexibility index (Phi) is 5.54. The standard InChI is InChI=1S/C12H18FNS/c1-3-15-9-5-8-14-11-7-4-6-10(2)12(11)13/h4,6-7,14H,3,5,8-9H2,1-2H3. The van der Waals surface area contributed by atoms with E-state index in [1.807, 2.05) is 17.8 Å². The van der Waals surface area contributed by atoms with Gasteiger partial charge in [-0.15, -0.1) is 0 Å². The van der Waals surface area contributed by atoms with Gasteiger partial charge in [0.2, 0.25) is 0 Å². The van der Waals surface area contributed by atoms with Gasteiger partial charge >= 0.3 is 0 Å². The first-order chi connectivity index (χ1) is 7.25. The summed E-state index contributed by atoms with van der Waals surface area (Å²) in [4.78, 5) is 0. The predicted octanol–water partition coefficient (Wildman–Crippen LogP) is 3.69. The van der Waals surface area contributed by atoms with Crippen molar-refractivity contribution in [2.45, 2.75) is 20.3 Å². The Hall–Kier alpha value is -0.700. The fourth-order valence-corrected chi connectivity index (χ4v) is 1.96. The van der Waals surface area contributed by atoms with Crippen molar-refractivity contribution in [2.24, 2.45) is 0 Å². The van der Waals surface area contributed by atoms with E-state index < -0.39 is 0 Å². The normalized spacial score (nSPS) is 10.3. The Balaban J connectivity index is 2.34. The highest BCUT2D eigenvalue weighted by atomic mass is 32.2. The molecule has 1 aromatic rings. The first kappa shape index (κ1) is 12.4. The molecule has 0 aliphatic rings. The Bertz CT molecular complexity index is 302. The molecule has 0 saturated heterocycles. The quantitative estimate of drug-likeness (QED) is 0.744. The van der Waals surface area contributed by atoms with Gasteiger partial charge in [0.05, 0.1) is 5.69 Å². The van der Waals surface area contributed by atoms with Crippen molar-refractivity contribution in [3.63, 3.8) is 0 Å². The zero-order valence-electron chi connectivity index (χ0n) is 9.35. The molecule has 0 atom stereocenters. The molecule has 1 N–H and O–H groups in total. The Morgan fingerprint density at radius 1 is 1.40 bits per heavy atom. The number of thioether (sulfide) groups is 1. The van der Waals surface area contributed by atoms with E-state index >= 15 is 0 Å². The summed E-state index contributed by atoms with van der Waals surface area (Å²) in [5.41, 5.74) is 1.32. The van der Waals surface area contributed by atoms with Gasteiger partial charge in [-0.2, -0.15) is 11.8 Å². The topological polar surface area (TPSA) is 12.0 Å². The molecule has 3 heteroatoms. The van der Waals surface area contributed by atoms with E-state index in [0.717, 1.165) is 24.5 Å². The van der Waals surface area contributed by atoms with Crippen LogP contribution in [0.4, 0.5) is 10.1 Å². The summed E-state index contributed by atoms with van der Waals surface area (Å²) in [6, 6.07) is 5.45. The van der Waals surface area contributed by atoms with Gasteiger partial charge in [0.15, 0.2) is 0 Å². The van der Waals surface area contributed by atoms with E-state index in [1.165, 1.54) is 0 Å². The highest BCUT2D eigenvalue weighted by molar-refractivity contribution is 7.99. The fourth-order valence-electron chi connectivity index (χ4n) is 1.33. The van der Waals surface area contributed by atoms with Crippen LogP contribution >= 0.6 is 11.8 Å². The number of anilines is 1. The second-order valence-corrected chi connectivity index (χ2v) is 4.81. The lowest BCUT2D eigenvalue weighted by molar-refractivity contribution is 0.621. The lowest BCUT2D eigenvalue weighted by Gasteiger charge is -2.08. The van der Waals surface area contributed by atoms with Gasteiger partial charge in [-0.25, -0.2) is 4.39 Å². The van der Waals surface area contributed by atoms with E-state index in [2.05, 4.69) is 12.2 Å². The molecule has 0 saturated carbocycles. The monoisotopic (exact) mass is 227 g/mol. The van der Waals surface area contributed by atoms with Crippen molar-refractivity contribution in [3.8, 4) is 0 Å². The lowest BCUT2D eigenvalue weighted by Crippen LogP contribution is -2.05. The third-order valence-corrected chi connectivity index (χ3v) is 3.16. The van der Waals surface area contributed by atoms with Crippen molar-refractivity contribution in [3.05, 3.63) is 29.6 Å². The van der Waals surface area contributed by atoms with Crippen LogP contribution in [-0.2, 0) is 0 Å². The highest BCUT2D eigenvalue weighted by Crippen LogP contribution is 2.16. The van der Waals surface area contributed by atoms with Crippen molar-refractivity contribution in [1.82, 2.24) is 0 Å². The average Bonchev–Trinajstić information content (AvgIpc) is 2.24. The molecule has 0 heterocycles. The maximum atomic E-state index is 13.5.